The van der Waals surface area contributed by atoms with E-state index >= 15 is 0 Å². The number of ether oxygens (including phenoxy) is 6. The third kappa shape index (κ3) is 13.0. The fourth-order valence-corrected chi connectivity index (χ4v) is 6.21. The zero-order valence-corrected chi connectivity index (χ0v) is 31.6. The van der Waals surface area contributed by atoms with Gasteiger partial charge in [-0.2, -0.15) is 0 Å². The molecule has 15 heteroatoms. The Morgan fingerprint density at radius 1 is 0.660 bits per heavy atom. The van der Waals surface area contributed by atoms with Crippen molar-refractivity contribution in [1.82, 2.24) is 0 Å². The summed E-state index contributed by atoms with van der Waals surface area (Å²) in [6.07, 6.45) is -5.92. The average Bonchev–Trinajstić information content (AvgIpc) is 3.14. The molecule has 3 aliphatic rings. The number of aliphatic hydroxyl groups is 9. The Labute approximate surface area is 312 Å². The summed E-state index contributed by atoms with van der Waals surface area (Å²) in [6, 6.07) is 0. The van der Waals surface area contributed by atoms with Crippen LogP contribution in [0.15, 0.2) is 48.1 Å². The molecular formula is C38H64O15. The van der Waals surface area contributed by atoms with E-state index in [4.69, 9.17) is 28.4 Å². The summed E-state index contributed by atoms with van der Waals surface area (Å²) < 4.78 is 34.5. The standard InChI is InChI=1S/C38H64O15/c1-7-38(6,20-39)17-12-10-8-9-11-14-21(2)15-13-16-22(3)18-48-36-33(47)30(44)34(53-37-32(46)29(43)27(41)24(5)51-37)25(52-36)19-49-35-31(45)28(42)26(40)23(4)50-35/h7-8,10,14,16,23-37,39-47H,1,9,11-13,15,17-20H2,2-6H3/b10-8+,21-14+,22-16+/t23-,24-,25+,26-,27-,28+,29+,30+,31+,32+,33+,34+,35+,36+,37-,38+/m0/s1. The number of hydrogen-bond acceptors (Lipinski definition) is 15. The van der Waals surface area contributed by atoms with Crippen LogP contribution in [0.5, 0.6) is 0 Å². The van der Waals surface area contributed by atoms with Gasteiger partial charge in [0.05, 0.1) is 32.0 Å². The molecule has 15 nitrogen and oxygen atoms in total. The molecule has 0 aromatic rings. The van der Waals surface area contributed by atoms with Crippen LogP contribution < -0.4 is 0 Å². The second kappa shape index (κ2) is 21.6. The highest BCUT2D eigenvalue weighted by atomic mass is 16.8. The maximum atomic E-state index is 11.2. The minimum Gasteiger partial charge on any atom is -0.395 e. The van der Waals surface area contributed by atoms with Crippen LogP contribution in [0.4, 0.5) is 0 Å². The van der Waals surface area contributed by atoms with Gasteiger partial charge in [-0.25, -0.2) is 0 Å². The first kappa shape index (κ1) is 45.7. The first-order valence-electron chi connectivity index (χ1n) is 18.5. The molecule has 3 heterocycles. The van der Waals surface area contributed by atoms with Crippen molar-refractivity contribution < 1.29 is 74.4 Å². The quantitative estimate of drug-likeness (QED) is 0.0643. The first-order chi connectivity index (χ1) is 25.0. The maximum Gasteiger partial charge on any atom is 0.187 e. The topological polar surface area (TPSA) is 237 Å². The molecule has 16 atom stereocenters. The lowest BCUT2D eigenvalue weighted by atomic mass is 9.86. The Balaban J connectivity index is 1.57. The van der Waals surface area contributed by atoms with Gasteiger partial charge in [0.1, 0.15) is 61.0 Å². The van der Waals surface area contributed by atoms with Crippen LogP contribution in [0.1, 0.15) is 73.1 Å². The van der Waals surface area contributed by atoms with E-state index in [0.717, 1.165) is 44.1 Å². The van der Waals surface area contributed by atoms with Crippen LogP contribution in [0.3, 0.4) is 0 Å². The highest BCUT2D eigenvalue weighted by molar-refractivity contribution is 5.05. The summed E-state index contributed by atoms with van der Waals surface area (Å²) in [5.74, 6) is 0. The van der Waals surface area contributed by atoms with E-state index in [9.17, 15) is 46.0 Å². The normalized spacial score (nSPS) is 40.0. The molecule has 306 valence electrons. The van der Waals surface area contributed by atoms with Gasteiger partial charge in [0.25, 0.3) is 0 Å². The molecule has 3 fully saturated rings. The van der Waals surface area contributed by atoms with Gasteiger partial charge in [0.15, 0.2) is 18.9 Å². The Morgan fingerprint density at radius 3 is 1.83 bits per heavy atom. The summed E-state index contributed by atoms with van der Waals surface area (Å²) >= 11 is 0. The highest BCUT2D eigenvalue weighted by Gasteiger charge is 2.51. The van der Waals surface area contributed by atoms with Crippen molar-refractivity contribution in [3.8, 4) is 0 Å². The van der Waals surface area contributed by atoms with Crippen LogP contribution in [-0.2, 0) is 28.4 Å². The van der Waals surface area contributed by atoms with Crippen LogP contribution in [0, 0.1) is 5.41 Å². The fraction of sp³-hybridized carbons (Fsp3) is 0.789. The molecule has 3 saturated heterocycles. The van der Waals surface area contributed by atoms with Crippen molar-refractivity contribution in [2.45, 2.75) is 165 Å². The number of aliphatic hydroxyl groups excluding tert-OH is 9. The van der Waals surface area contributed by atoms with E-state index in [0.29, 0.717) is 0 Å². The van der Waals surface area contributed by atoms with E-state index in [1.807, 2.05) is 19.9 Å². The molecule has 9 N–H and O–H groups in total. The van der Waals surface area contributed by atoms with Crippen molar-refractivity contribution in [3.63, 3.8) is 0 Å². The summed E-state index contributed by atoms with van der Waals surface area (Å²) in [6.45, 7) is 12.4. The van der Waals surface area contributed by atoms with E-state index in [-0.39, 0.29) is 18.6 Å². The lowest BCUT2D eigenvalue weighted by molar-refractivity contribution is -0.363. The lowest BCUT2D eigenvalue weighted by Gasteiger charge is -2.46. The van der Waals surface area contributed by atoms with Crippen molar-refractivity contribution in [1.29, 1.82) is 0 Å². The van der Waals surface area contributed by atoms with Gasteiger partial charge in [-0.3, -0.25) is 0 Å². The molecule has 0 saturated carbocycles. The van der Waals surface area contributed by atoms with Crippen LogP contribution in [0.25, 0.3) is 0 Å². The van der Waals surface area contributed by atoms with Gasteiger partial charge in [-0.05, 0) is 66.2 Å². The first-order valence-corrected chi connectivity index (χ1v) is 18.5. The Bertz CT molecular complexity index is 1200. The molecule has 0 unspecified atom stereocenters. The number of hydrogen-bond donors (Lipinski definition) is 9. The predicted octanol–water partition coefficient (Wildman–Crippen LogP) is 0.481. The summed E-state index contributed by atoms with van der Waals surface area (Å²) in [7, 11) is 0. The minimum absolute atomic E-state index is 0.0559. The SMILES string of the molecule is C=C[C@@](C)(CO)CC/C=C/CC/C=C(\C)CC/C=C(\C)CO[C@@H]1O[C@H](CO[C@@H]2O[C@@H](C)[C@H](O)[C@@H](O)[C@H]2O)[C@@H](O[C@@H]2O[C@@H](C)[C@H](O)[C@@H](O)[C@H]2O)[C@H](O)[C@H]1O. The van der Waals surface area contributed by atoms with Crippen LogP contribution in [0.2, 0.25) is 0 Å². The monoisotopic (exact) mass is 760 g/mol. The Morgan fingerprint density at radius 2 is 1.21 bits per heavy atom. The molecule has 0 radical (unpaired) electrons. The third-order valence-corrected chi connectivity index (χ3v) is 10.2. The molecule has 0 aromatic heterocycles. The Hall–Kier alpha value is -1.64. The Kier molecular flexibility index (Phi) is 18.6. The molecule has 3 rings (SSSR count). The summed E-state index contributed by atoms with van der Waals surface area (Å²) in [4.78, 5) is 0. The van der Waals surface area contributed by atoms with Gasteiger partial charge < -0.3 is 74.4 Å². The van der Waals surface area contributed by atoms with Crippen molar-refractivity contribution in [2.75, 3.05) is 19.8 Å². The second-order valence-corrected chi connectivity index (χ2v) is 14.9. The van der Waals surface area contributed by atoms with Gasteiger partial charge in [-0.1, -0.05) is 48.5 Å². The largest absolute Gasteiger partial charge is 0.395 e. The second-order valence-electron chi connectivity index (χ2n) is 14.9. The summed E-state index contributed by atoms with van der Waals surface area (Å²) in [5.41, 5.74) is 1.85. The van der Waals surface area contributed by atoms with Gasteiger partial charge in [-0.15, -0.1) is 6.58 Å². The average molecular weight is 761 g/mol. The minimum atomic E-state index is -1.72. The van der Waals surface area contributed by atoms with Crippen molar-refractivity contribution in [2.24, 2.45) is 5.41 Å². The van der Waals surface area contributed by atoms with Crippen molar-refractivity contribution in [3.05, 3.63) is 48.1 Å². The lowest BCUT2D eigenvalue weighted by Crippen LogP contribution is -2.64. The predicted molar refractivity (Wildman–Crippen MR) is 192 cm³/mol. The fourth-order valence-electron chi connectivity index (χ4n) is 6.21. The molecule has 0 spiro atoms. The van der Waals surface area contributed by atoms with Crippen LogP contribution in [-0.4, -0.2) is 158 Å². The molecular weight excluding hydrogens is 696 g/mol. The van der Waals surface area contributed by atoms with Gasteiger partial charge >= 0.3 is 0 Å². The van der Waals surface area contributed by atoms with Gasteiger partial charge in [0, 0.05) is 5.41 Å². The highest BCUT2D eigenvalue weighted by Crippen LogP contribution is 2.31. The number of rotatable bonds is 19. The van der Waals surface area contributed by atoms with E-state index < -0.39 is 98.7 Å². The van der Waals surface area contributed by atoms with Crippen molar-refractivity contribution >= 4 is 0 Å². The number of allylic oxidation sites excluding steroid dienone is 5. The smallest absolute Gasteiger partial charge is 0.187 e. The van der Waals surface area contributed by atoms with E-state index in [1.165, 1.54) is 19.4 Å². The zero-order chi connectivity index (χ0) is 39.5. The summed E-state index contributed by atoms with van der Waals surface area (Å²) in [5, 5.41) is 93.3. The molecule has 0 amide bonds. The van der Waals surface area contributed by atoms with E-state index in [2.05, 4.69) is 31.7 Å². The molecule has 0 bridgehead atoms. The van der Waals surface area contributed by atoms with Crippen LogP contribution >= 0.6 is 0 Å². The molecule has 53 heavy (non-hydrogen) atoms. The molecule has 0 aliphatic carbocycles. The zero-order valence-electron chi connectivity index (χ0n) is 31.6. The molecule has 0 aromatic carbocycles. The maximum absolute atomic E-state index is 11.2. The third-order valence-electron chi connectivity index (χ3n) is 10.2. The van der Waals surface area contributed by atoms with E-state index in [1.54, 1.807) is 6.08 Å². The molecule has 3 aliphatic heterocycles. The van der Waals surface area contributed by atoms with Gasteiger partial charge in [0.2, 0.25) is 0 Å². The number of unbranched alkanes of at least 4 members (excludes halogenated alkanes) is 1.